The molecule has 154 valence electrons. The lowest BCUT2D eigenvalue weighted by atomic mass is 10.1. The van der Waals surface area contributed by atoms with E-state index in [1.54, 1.807) is 6.92 Å². The van der Waals surface area contributed by atoms with Crippen LogP contribution in [0.4, 0.5) is 6.01 Å². The monoisotopic (exact) mass is 469 g/mol. The molecule has 0 atom stereocenters. The van der Waals surface area contributed by atoms with Crippen LogP contribution in [0.3, 0.4) is 0 Å². The minimum Gasteiger partial charge on any atom is -0.493 e. The van der Waals surface area contributed by atoms with Gasteiger partial charge in [-0.3, -0.25) is 0 Å². The highest BCUT2D eigenvalue weighted by molar-refractivity contribution is 9.10. The first kappa shape index (κ1) is 20.1. The van der Waals surface area contributed by atoms with Gasteiger partial charge in [0.05, 0.1) is 11.1 Å². The van der Waals surface area contributed by atoms with Crippen molar-refractivity contribution >= 4 is 21.9 Å². The molecule has 0 aliphatic heterocycles. The van der Waals surface area contributed by atoms with Gasteiger partial charge in [0, 0.05) is 24.7 Å². The summed E-state index contributed by atoms with van der Waals surface area (Å²) in [5, 5.41) is 12.2. The maximum Gasteiger partial charge on any atom is 0.318 e. The van der Waals surface area contributed by atoms with E-state index in [2.05, 4.69) is 36.3 Å². The van der Waals surface area contributed by atoms with Crippen molar-refractivity contribution in [3.05, 3.63) is 58.3 Å². The third kappa shape index (κ3) is 4.35. The van der Waals surface area contributed by atoms with Crippen LogP contribution in [0, 0.1) is 6.92 Å². The molecular formula is C21H20BrN5O3. The highest BCUT2D eigenvalue weighted by atomic mass is 79.9. The van der Waals surface area contributed by atoms with Crippen LogP contribution in [-0.2, 0) is 6.54 Å². The van der Waals surface area contributed by atoms with E-state index in [0.29, 0.717) is 36.8 Å². The fourth-order valence-corrected chi connectivity index (χ4v) is 3.26. The molecule has 0 amide bonds. The summed E-state index contributed by atoms with van der Waals surface area (Å²) in [7, 11) is 1.90. The Morgan fingerprint density at radius 2 is 1.80 bits per heavy atom. The molecule has 9 heteroatoms. The predicted octanol–water partition coefficient (Wildman–Crippen LogP) is 4.89. The maximum atomic E-state index is 5.87. The van der Waals surface area contributed by atoms with Gasteiger partial charge in [-0.05, 0) is 65.7 Å². The third-order valence-corrected chi connectivity index (χ3v) is 5.02. The van der Waals surface area contributed by atoms with Crippen LogP contribution in [0.5, 0.6) is 5.75 Å². The zero-order valence-corrected chi connectivity index (χ0v) is 18.4. The van der Waals surface area contributed by atoms with Crippen molar-refractivity contribution in [1.82, 2.24) is 20.3 Å². The molecule has 0 saturated heterocycles. The van der Waals surface area contributed by atoms with Gasteiger partial charge in [0.15, 0.2) is 5.82 Å². The molecule has 0 N–H and O–H groups in total. The van der Waals surface area contributed by atoms with Gasteiger partial charge in [-0.15, -0.1) is 5.10 Å². The van der Waals surface area contributed by atoms with Gasteiger partial charge in [-0.25, -0.2) is 0 Å². The molecule has 8 nitrogen and oxygen atoms in total. The first-order valence-electron chi connectivity index (χ1n) is 9.40. The van der Waals surface area contributed by atoms with Crippen molar-refractivity contribution < 1.29 is 13.7 Å². The highest BCUT2D eigenvalue weighted by Gasteiger charge is 2.15. The Balaban J connectivity index is 1.46. The summed E-state index contributed by atoms with van der Waals surface area (Å²) in [6, 6.07) is 14.0. The van der Waals surface area contributed by atoms with Gasteiger partial charge in [0.1, 0.15) is 5.75 Å². The van der Waals surface area contributed by atoms with Crippen LogP contribution >= 0.6 is 15.9 Å². The number of rotatable bonds is 7. The summed E-state index contributed by atoms with van der Waals surface area (Å²) in [6.45, 7) is 4.91. The molecule has 0 fully saturated rings. The van der Waals surface area contributed by atoms with Crippen molar-refractivity contribution in [1.29, 1.82) is 0 Å². The minimum absolute atomic E-state index is 0.433. The molecule has 4 aromatic rings. The van der Waals surface area contributed by atoms with Gasteiger partial charge < -0.3 is 18.6 Å². The Hall–Kier alpha value is -3.20. The summed E-state index contributed by atoms with van der Waals surface area (Å²) >= 11 is 3.48. The van der Waals surface area contributed by atoms with E-state index >= 15 is 0 Å². The second-order valence-corrected chi connectivity index (χ2v) is 7.52. The summed E-state index contributed by atoms with van der Waals surface area (Å²) in [5.74, 6) is 2.29. The SMILES string of the molecule is CCOc1cc(-c2nnc(N(C)Cc3ccc(-c4nc(C)no4)cc3)o2)ccc1Br. The maximum absolute atomic E-state index is 5.87. The number of halogens is 1. The lowest BCUT2D eigenvalue weighted by Crippen LogP contribution is -2.16. The van der Waals surface area contributed by atoms with E-state index in [-0.39, 0.29) is 0 Å². The lowest BCUT2D eigenvalue weighted by Gasteiger charge is -2.14. The number of aryl methyl sites for hydroxylation is 1. The zero-order chi connectivity index (χ0) is 21.1. The van der Waals surface area contributed by atoms with Crippen molar-refractivity contribution in [2.24, 2.45) is 0 Å². The van der Waals surface area contributed by atoms with Crippen LogP contribution in [0.1, 0.15) is 18.3 Å². The Morgan fingerprint density at radius 1 is 1.03 bits per heavy atom. The minimum atomic E-state index is 0.433. The molecule has 30 heavy (non-hydrogen) atoms. The van der Waals surface area contributed by atoms with Crippen LogP contribution < -0.4 is 9.64 Å². The summed E-state index contributed by atoms with van der Waals surface area (Å²) in [5.41, 5.74) is 2.76. The largest absolute Gasteiger partial charge is 0.493 e. The molecule has 0 spiro atoms. The highest BCUT2D eigenvalue weighted by Crippen LogP contribution is 2.31. The van der Waals surface area contributed by atoms with Crippen LogP contribution in [0.25, 0.3) is 22.9 Å². The molecule has 4 rings (SSSR count). The number of benzene rings is 2. The molecule has 0 saturated carbocycles. The first-order valence-corrected chi connectivity index (χ1v) is 10.2. The Labute approximate surface area is 182 Å². The van der Waals surface area contributed by atoms with Crippen LogP contribution in [0.15, 0.2) is 55.9 Å². The van der Waals surface area contributed by atoms with Gasteiger partial charge in [-0.2, -0.15) is 4.98 Å². The average Bonchev–Trinajstić information content (AvgIpc) is 3.40. The van der Waals surface area contributed by atoms with Gasteiger partial charge in [0.25, 0.3) is 5.89 Å². The first-order chi connectivity index (χ1) is 14.5. The second kappa shape index (κ2) is 8.66. The van der Waals surface area contributed by atoms with E-state index in [1.807, 2.05) is 61.3 Å². The van der Waals surface area contributed by atoms with Crippen molar-refractivity contribution in [3.63, 3.8) is 0 Å². The quantitative estimate of drug-likeness (QED) is 0.377. The fourth-order valence-electron chi connectivity index (χ4n) is 2.90. The zero-order valence-electron chi connectivity index (χ0n) is 16.8. The topological polar surface area (TPSA) is 90.3 Å². The van der Waals surface area contributed by atoms with Gasteiger partial charge in [-0.1, -0.05) is 22.4 Å². The predicted molar refractivity (Wildman–Crippen MR) is 115 cm³/mol. The Bertz CT molecular complexity index is 1140. The van der Waals surface area contributed by atoms with Gasteiger partial charge in [0.2, 0.25) is 5.89 Å². The second-order valence-electron chi connectivity index (χ2n) is 6.67. The average molecular weight is 470 g/mol. The van der Waals surface area contributed by atoms with Crippen LogP contribution in [0.2, 0.25) is 0 Å². The number of aromatic nitrogens is 4. The van der Waals surface area contributed by atoms with E-state index < -0.39 is 0 Å². The molecule has 2 heterocycles. The number of ether oxygens (including phenoxy) is 1. The number of hydrogen-bond acceptors (Lipinski definition) is 8. The number of nitrogens with zero attached hydrogens (tertiary/aromatic N) is 5. The molecule has 0 unspecified atom stereocenters. The molecule has 0 aliphatic carbocycles. The normalized spacial score (nSPS) is 10.9. The van der Waals surface area contributed by atoms with Crippen molar-refractivity contribution in [3.8, 4) is 28.7 Å². The molecule has 0 bridgehead atoms. The number of hydrogen-bond donors (Lipinski definition) is 0. The van der Waals surface area contributed by atoms with E-state index in [1.165, 1.54) is 0 Å². The smallest absolute Gasteiger partial charge is 0.318 e. The molecule has 2 aromatic heterocycles. The summed E-state index contributed by atoms with van der Waals surface area (Å²) in [4.78, 5) is 6.13. The fraction of sp³-hybridized carbons (Fsp3) is 0.238. The van der Waals surface area contributed by atoms with E-state index in [9.17, 15) is 0 Å². The molecular weight excluding hydrogens is 450 g/mol. The lowest BCUT2D eigenvalue weighted by molar-refractivity contribution is 0.338. The summed E-state index contributed by atoms with van der Waals surface area (Å²) in [6.07, 6.45) is 0. The number of anilines is 1. The Kier molecular flexibility index (Phi) is 5.80. The van der Waals surface area contributed by atoms with Gasteiger partial charge >= 0.3 is 6.01 Å². The van der Waals surface area contributed by atoms with Crippen molar-refractivity contribution in [2.45, 2.75) is 20.4 Å². The Morgan fingerprint density at radius 3 is 2.50 bits per heavy atom. The standard InChI is InChI=1S/C21H20BrN5O3/c1-4-28-18-11-16(9-10-17(18)22)20-24-25-21(29-20)27(3)12-14-5-7-15(8-6-14)19-23-13(2)26-30-19/h5-11H,4,12H2,1-3H3. The molecule has 2 aromatic carbocycles. The summed E-state index contributed by atoms with van der Waals surface area (Å²) < 4.78 is 17.6. The molecule has 0 aliphatic rings. The third-order valence-electron chi connectivity index (χ3n) is 4.37. The van der Waals surface area contributed by atoms with E-state index in [0.717, 1.165) is 26.9 Å². The van der Waals surface area contributed by atoms with Crippen molar-refractivity contribution in [2.75, 3.05) is 18.6 Å². The van der Waals surface area contributed by atoms with E-state index in [4.69, 9.17) is 13.7 Å². The molecule has 0 radical (unpaired) electrons. The van der Waals surface area contributed by atoms with Crippen LogP contribution in [-0.4, -0.2) is 34.0 Å².